The summed E-state index contributed by atoms with van der Waals surface area (Å²) in [6, 6.07) is 9.30. The molecule has 8 heterocycles. The van der Waals surface area contributed by atoms with Crippen molar-refractivity contribution in [2.45, 2.75) is 96.6 Å². The number of carbonyl (C=O) groups is 8. The number of aliphatic carboxylic acids is 2. The summed E-state index contributed by atoms with van der Waals surface area (Å²) in [5.74, 6) is -6.21. The van der Waals surface area contributed by atoms with Gasteiger partial charge >= 0.3 is 11.9 Å². The van der Waals surface area contributed by atoms with Gasteiger partial charge in [-0.15, -0.1) is 68.0 Å². The molecule has 25 nitrogen and oxygen atoms in total. The first-order chi connectivity index (χ1) is 43.3. The van der Waals surface area contributed by atoms with Crippen LogP contribution >= 0.6 is 68.0 Å². The van der Waals surface area contributed by atoms with Gasteiger partial charge in [0.25, 0.3) is 17.7 Å². The van der Waals surface area contributed by atoms with Crippen LogP contribution in [0.1, 0.15) is 145 Å². The van der Waals surface area contributed by atoms with Gasteiger partial charge in [0.05, 0.1) is 48.1 Å². The molecule has 0 radical (unpaired) electrons. The van der Waals surface area contributed by atoms with E-state index in [1.807, 2.05) is 13.8 Å². The summed E-state index contributed by atoms with van der Waals surface area (Å²) in [5, 5.41) is 54.1. The number of rotatable bonds is 15. The van der Waals surface area contributed by atoms with E-state index < -0.39 is 84.1 Å². The van der Waals surface area contributed by atoms with E-state index in [2.05, 4.69) is 26.6 Å². The maximum absolute atomic E-state index is 14.4. The van der Waals surface area contributed by atoms with E-state index in [0.717, 1.165) is 34.0 Å². The highest BCUT2D eigenvalue weighted by Crippen LogP contribution is 2.41. The molecule has 1 aromatic carbocycles. The number of carbonyl (C=O) groups excluding carboxylic acids is 6. The fourth-order valence-electron chi connectivity index (χ4n) is 10.2. The number of amides is 6. The summed E-state index contributed by atoms with van der Waals surface area (Å²) >= 11 is 7.04. The fraction of sp³-hybridized carbons (Fsp3) is 0.373. The second-order valence-corrected chi connectivity index (χ2v) is 27.3. The third kappa shape index (κ3) is 14.8. The molecule has 90 heavy (non-hydrogen) atoms. The summed E-state index contributed by atoms with van der Waals surface area (Å²) in [6.07, 6.45) is -0.226. The van der Waals surface area contributed by atoms with Crippen molar-refractivity contribution in [1.29, 1.82) is 0 Å². The van der Waals surface area contributed by atoms with Crippen LogP contribution in [0.15, 0.2) is 64.0 Å². The van der Waals surface area contributed by atoms with E-state index in [1.165, 1.54) is 53.1 Å². The van der Waals surface area contributed by atoms with Crippen molar-refractivity contribution in [3.8, 4) is 43.4 Å². The first-order valence-electron chi connectivity index (χ1n) is 28.5. The number of carboxylic acid groups (broad SMARTS) is 2. The van der Waals surface area contributed by atoms with Crippen LogP contribution < -0.4 is 31.5 Å². The van der Waals surface area contributed by atoms with Crippen molar-refractivity contribution in [2.24, 2.45) is 17.8 Å². The molecule has 0 saturated heterocycles. The molecule has 1 aliphatic heterocycles. The molecule has 8 N–H and O–H groups in total. The molecule has 10 rings (SSSR count). The number of carboxylic acids is 2. The smallest absolute Gasteiger partial charge is 0.306 e. The Balaban J connectivity index is 1.05. The van der Waals surface area contributed by atoms with Gasteiger partial charge in [-0.1, -0.05) is 44.2 Å². The highest BCUT2D eigenvalue weighted by atomic mass is 32.1. The third-order valence-electron chi connectivity index (χ3n) is 15.0. The zero-order valence-corrected chi connectivity index (χ0v) is 53.9. The Labute approximate surface area is 538 Å². The molecule has 4 atom stereocenters. The Morgan fingerprint density at radius 2 is 1.38 bits per heavy atom. The number of aryl methyl sites for hydroxylation is 1. The molecule has 0 spiro atoms. The number of aliphatic hydroxyl groups excluding tert-OH is 1. The molecule has 470 valence electrons. The number of benzene rings is 1. The number of pyridine rings is 1. The van der Waals surface area contributed by atoms with Crippen LogP contribution in [0.3, 0.4) is 0 Å². The summed E-state index contributed by atoms with van der Waals surface area (Å²) in [6.45, 7) is 4.95. The van der Waals surface area contributed by atoms with E-state index in [-0.39, 0.29) is 72.1 Å². The van der Waals surface area contributed by atoms with Crippen LogP contribution in [0.2, 0.25) is 0 Å². The summed E-state index contributed by atoms with van der Waals surface area (Å²) in [4.78, 5) is 144. The number of nitrogens with one attached hydrogen (secondary N) is 5. The fourth-order valence-corrected chi connectivity index (χ4v) is 15.8. The normalized spacial score (nSPS) is 18.6. The summed E-state index contributed by atoms with van der Waals surface area (Å²) < 4.78 is 5.45. The molecule has 1 fully saturated rings. The first kappa shape index (κ1) is 64.8. The quantitative estimate of drug-likeness (QED) is 0.0477. The van der Waals surface area contributed by atoms with Gasteiger partial charge in [-0.25, -0.2) is 34.9 Å². The zero-order chi connectivity index (χ0) is 63.9. The number of hydrogen-bond donors (Lipinski definition) is 8. The lowest BCUT2D eigenvalue weighted by molar-refractivity contribution is -0.144. The highest BCUT2D eigenvalue weighted by molar-refractivity contribution is 7.15. The molecule has 7 aromatic heterocycles. The molecule has 10 bridgehead atoms. The van der Waals surface area contributed by atoms with Gasteiger partial charge in [-0.3, -0.25) is 43.3 Å². The van der Waals surface area contributed by atoms with Crippen LogP contribution in [0.4, 0.5) is 5.82 Å². The lowest BCUT2D eigenvalue weighted by Gasteiger charge is -2.30. The average Bonchev–Trinajstić information content (AvgIpc) is 1.76. The predicted molar refractivity (Wildman–Crippen MR) is 339 cm³/mol. The van der Waals surface area contributed by atoms with Gasteiger partial charge in [0.1, 0.15) is 82.2 Å². The van der Waals surface area contributed by atoms with Crippen LogP contribution in [0.25, 0.3) is 43.4 Å². The minimum Gasteiger partial charge on any atom is -0.481 e. The van der Waals surface area contributed by atoms with E-state index in [1.54, 1.807) is 70.9 Å². The van der Waals surface area contributed by atoms with E-state index in [0.29, 0.717) is 94.4 Å². The number of anilines is 1. The first-order valence-corrected chi connectivity index (χ1v) is 33.6. The number of methoxy groups -OCH3 is 1. The minimum absolute atomic E-state index is 0.00627. The zero-order valence-electron chi connectivity index (χ0n) is 49.0. The second kappa shape index (κ2) is 28.8. The Bertz CT molecular complexity index is 3980. The van der Waals surface area contributed by atoms with Crippen LogP contribution in [0.5, 0.6) is 0 Å². The molecule has 2 aliphatic rings. The van der Waals surface area contributed by atoms with E-state index in [9.17, 15) is 53.7 Å². The molecule has 8 aromatic rings. The standard InChI is InChI=1S/C59H61N13O12S6/c1-27(2)43-57-71-46(38(90-57)22-84-5)50(79)61-21-41(74)68-47(48(77)29-10-7-6-8-11-29)56-66-37(25-87-56)54-64-35(23-86-54)45-32(52-65-36(24-85-52)49(78)63-34(20-40(73)60-4)55-70-44(28(3)89-55)51(80)69-43)17-18-33(62-45)53-67-39(26-88-53)72(19-9-12-42(75)76)58(81)30-13-15-31(16-14-30)59(82)83/h6-8,10-11,17-18,23-27,30-31,34,43,47-48,77H,9,12-16,19-22H2,1-5H3,(H,60,73)(H,61,79)(H,63,78)(H,68,74)(H,69,80)(H,75,76)(H,82,83)/t30?,31?,34-,43?,47-,48-/m0/s1. The topological polar surface area (TPSA) is 360 Å². The maximum atomic E-state index is 14.4. The van der Waals surface area contributed by atoms with Crippen LogP contribution in [-0.2, 0) is 35.3 Å². The SMILES string of the molecule is CNC(=O)C[C@@H]1NC(=O)c2csc(n2)-c2ccc(-c3nc(N(CCCC(=O)O)C(=O)C4CCC(C(=O)O)CC4)cs3)nc2-c2csc(n2)-c2csc(n2)[C@H]([C@@H](O)c2ccccc2)NC(=O)CNC(=O)c2nc(sc2COC)C(C(C)C)NC(=O)c2nc1sc2C. The lowest BCUT2D eigenvalue weighted by Crippen LogP contribution is -2.40. The number of thiazole rings is 6. The van der Waals surface area contributed by atoms with Gasteiger partial charge < -0.3 is 46.6 Å². The van der Waals surface area contributed by atoms with Gasteiger partial charge in [-0.2, -0.15) is 0 Å². The number of aromatic nitrogens is 7. The molecule has 1 saturated carbocycles. The minimum atomic E-state index is -1.31. The van der Waals surface area contributed by atoms with Crippen molar-refractivity contribution >= 4 is 121 Å². The molecule has 1 unspecified atom stereocenters. The van der Waals surface area contributed by atoms with Crippen molar-refractivity contribution in [2.75, 3.05) is 32.1 Å². The Morgan fingerprint density at radius 3 is 2.10 bits per heavy atom. The van der Waals surface area contributed by atoms with Crippen LogP contribution in [0, 0.1) is 24.7 Å². The third-order valence-corrected chi connectivity index (χ3v) is 20.7. The van der Waals surface area contributed by atoms with E-state index in [4.69, 9.17) is 39.6 Å². The number of hydrogen-bond acceptors (Lipinski definition) is 23. The average molecular weight is 1340 g/mol. The largest absolute Gasteiger partial charge is 0.481 e. The predicted octanol–water partition coefficient (Wildman–Crippen LogP) is 8.40. The Kier molecular flexibility index (Phi) is 20.7. The number of ether oxygens (including phenoxy) is 1. The van der Waals surface area contributed by atoms with Gasteiger partial charge in [-0.05, 0) is 62.6 Å². The number of aliphatic hydroxyl groups is 1. The molecule has 31 heteroatoms. The summed E-state index contributed by atoms with van der Waals surface area (Å²) in [5.41, 5.74) is 2.40. The maximum Gasteiger partial charge on any atom is 0.306 e. The van der Waals surface area contributed by atoms with Gasteiger partial charge in [0.15, 0.2) is 0 Å². The molecule has 6 amide bonds. The van der Waals surface area contributed by atoms with Gasteiger partial charge in [0.2, 0.25) is 17.7 Å². The van der Waals surface area contributed by atoms with Crippen LogP contribution in [-0.4, -0.2) is 125 Å². The van der Waals surface area contributed by atoms with Crippen molar-refractivity contribution in [3.63, 3.8) is 0 Å². The van der Waals surface area contributed by atoms with Crippen molar-refractivity contribution in [1.82, 2.24) is 61.5 Å². The molecule has 1 aliphatic carbocycles. The van der Waals surface area contributed by atoms with Gasteiger partial charge in [0, 0.05) is 65.0 Å². The Morgan fingerprint density at radius 1 is 0.689 bits per heavy atom. The monoisotopic (exact) mass is 1340 g/mol. The van der Waals surface area contributed by atoms with Crippen molar-refractivity contribution < 1.29 is 58.4 Å². The Hall–Kier alpha value is -8.17. The lowest BCUT2D eigenvalue weighted by atomic mass is 9.81. The van der Waals surface area contributed by atoms with E-state index >= 15 is 0 Å². The number of fused-ring (bicyclic) bond motifs is 14. The molecular formula is C59H61N13O12S6. The second-order valence-electron chi connectivity index (χ2n) is 21.5. The highest BCUT2D eigenvalue weighted by Gasteiger charge is 2.36. The summed E-state index contributed by atoms with van der Waals surface area (Å²) in [7, 11) is 2.92. The van der Waals surface area contributed by atoms with Crippen molar-refractivity contribution in [3.05, 3.63) is 111 Å². The molecular weight excluding hydrogens is 1280 g/mol. The number of nitrogens with zero attached hydrogens (tertiary/aromatic N) is 8.